The first-order valence-corrected chi connectivity index (χ1v) is 12.3. The van der Waals surface area contributed by atoms with Gasteiger partial charge in [-0.25, -0.2) is 18.4 Å². The van der Waals surface area contributed by atoms with Crippen molar-refractivity contribution in [2.45, 2.75) is 45.3 Å². The molecule has 1 saturated heterocycles. The molecule has 11 heteroatoms. The molecule has 39 heavy (non-hydrogen) atoms. The molecule has 0 aliphatic carbocycles. The Bertz CT molecular complexity index is 1410. The summed E-state index contributed by atoms with van der Waals surface area (Å²) < 4.78 is 38.0. The van der Waals surface area contributed by atoms with Crippen LogP contribution >= 0.6 is 0 Å². The van der Waals surface area contributed by atoms with Crippen LogP contribution < -0.4 is 5.32 Å². The van der Waals surface area contributed by atoms with E-state index in [2.05, 4.69) is 5.32 Å². The number of methoxy groups -OCH3 is 1. The van der Waals surface area contributed by atoms with Crippen molar-refractivity contribution in [3.8, 4) is 0 Å². The van der Waals surface area contributed by atoms with Crippen molar-refractivity contribution in [1.82, 2.24) is 10.2 Å². The van der Waals surface area contributed by atoms with Crippen LogP contribution in [-0.2, 0) is 25.6 Å². The van der Waals surface area contributed by atoms with E-state index in [0.29, 0.717) is 48.6 Å². The maximum Gasteiger partial charge on any atom is 0.337 e. The van der Waals surface area contributed by atoms with E-state index in [0.717, 1.165) is 12.1 Å². The summed E-state index contributed by atoms with van der Waals surface area (Å²) in [7, 11) is 1.22. The average Bonchev–Trinajstić information content (AvgIpc) is 3.24. The van der Waals surface area contributed by atoms with Gasteiger partial charge in [-0.1, -0.05) is 18.2 Å². The minimum atomic E-state index is -0.964. The third kappa shape index (κ3) is 5.83. The normalized spacial score (nSPS) is 21.5. The standard InChI is InChI=1S/C28H29F2N3O6/c1-16-23(26(34)38-4)25(19-6-5-7-20(13-19)33(36)37)24(17(2)31-16)27(35)39-28(3)10-11-32(15-28)14-18-8-9-21(29)22(30)12-18/h5-9,12-13,25,31H,10-11,14-15H2,1-4H3/t25-,28-/m0/s1. The number of halogens is 2. The molecular weight excluding hydrogens is 512 g/mol. The second-order valence-electron chi connectivity index (χ2n) is 10.0. The molecule has 0 unspecified atom stereocenters. The van der Waals surface area contributed by atoms with E-state index >= 15 is 0 Å². The number of esters is 2. The van der Waals surface area contributed by atoms with Gasteiger partial charge >= 0.3 is 11.9 Å². The van der Waals surface area contributed by atoms with Crippen LogP contribution in [-0.4, -0.2) is 47.6 Å². The molecule has 0 spiro atoms. The highest BCUT2D eigenvalue weighted by Gasteiger charge is 2.43. The molecule has 2 heterocycles. The number of benzene rings is 2. The minimum absolute atomic E-state index is 0.141. The lowest BCUT2D eigenvalue weighted by Gasteiger charge is -2.32. The lowest BCUT2D eigenvalue weighted by atomic mass is 9.80. The van der Waals surface area contributed by atoms with Gasteiger partial charge in [-0.15, -0.1) is 0 Å². The number of carbonyl (C=O) groups excluding carboxylic acids is 2. The number of ether oxygens (including phenoxy) is 2. The highest BCUT2D eigenvalue weighted by atomic mass is 19.2. The number of nitro groups is 1. The fourth-order valence-corrected chi connectivity index (χ4v) is 5.22. The van der Waals surface area contributed by atoms with Crippen molar-refractivity contribution in [2.24, 2.45) is 0 Å². The average molecular weight is 542 g/mol. The first-order valence-electron chi connectivity index (χ1n) is 12.3. The van der Waals surface area contributed by atoms with Crippen molar-refractivity contribution >= 4 is 17.6 Å². The van der Waals surface area contributed by atoms with Crippen molar-refractivity contribution in [1.29, 1.82) is 0 Å². The van der Waals surface area contributed by atoms with Crippen LogP contribution in [0.5, 0.6) is 0 Å². The molecule has 2 aliphatic heterocycles. The smallest absolute Gasteiger partial charge is 0.337 e. The number of nitrogens with zero attached hydrogens (tertiary/aromatic N) is 2. The molecule has 9 nitrogen and oxygen atoms in total. The van der Waals surface area contributed by atoms with Crippen molar-refractivity contribution in [3.05, 3.63) is 97.9 Å². The van der Waals surface area contributed by atoms with Gasteiger partial charge in [0.1, 0.15) is 5.60 Å². The first-order chi connectivity index (χ1) is 18.4. The molecule has 1 fully saturated rings. The minimum Gasteiger partial charge on any atom is -0.466 e. The maximum atomic E-state index is 13.7. The molecule has 2 aromatic rings. The summed E-state index contributed by atoms with van der Waals surface area (Å²) in [6.07, 6.45) is 0.488. The summed E-state index contributed by atoms with van der Waals surface area (Å²) in [5, 5.41) is 14.5. The van der Waals surface area contributed by atoms with E-state index in [9.17, 15) is 28.5 Å². The largest absolute Gasteiger partial charge is 0.466 e. The number of likely N-dealkylation sites (tertiary alicyclic amines) is 1. The summed E-state index contributed by atoms with van der Waals surface area (Å²) in [4.78, 5) is 39.5. The Morgan fingerprint density at radius 2 is 1.79 bits per heavy atom. The monoisotopic (exact) mass is 541 g/mol. The van der Waals surface area contributed by atoms with Crippen LogP contribution in [0.4, 0.5) is 14.5 Å². The number of dihydropyridines is 1. The summed E-state index contributed by atoms with van der Waals surface area (Å²) in [5.41, 5.74) is 1.06. The van der Waals surface area contributed by atoms with Crippen LogP contribution in [0.15, 0.2) is 65.0 Å². The molecule has 2 aliphatic rings. The zero-order valence-corrected chi connectivity index (χ0v) is 22.0. The topological polar surface area (TPSA) is 111 Å². The van der Waals surface area contributed by atoms with Crippen LogP contribution in [0.1, 0.15) is 44.2 Å². The van der Waals surface area contributed by atoms with Crippen LogP contribution in [0.2, 0.25) is 0 Å². The molecular formula is C28H29F2N3O6. The molecule has 0 radical (unpaired) electrons. The van der Waals surface area contributed by atoms with Crippen LogP contribution in [0.25, 0.3) is 0 Å². The van der Waals surface area contributed by atoms with Crippen LogP contribution in [0.3, 0.4) is 0 Å². The third-order valence-corrected chi connectivity index (χ3v) is 7.04. The summed E-state index contributed by atoms with van der Waals surface area (Å²) in [5.74, 6) is -4.17. The molecule has 4 rings (SSSR count). The van der Waals surface area contributed by atoms with E-state index in [1.807, 2.05) is 4.90 Å². The number of nitro benzene ring substituents is 1. The quantitative estimate of drug-likeness (QED) is 0.310. The van der Waals surface area contributed by atoms with E-state index in [4.69, 9.17) is 9.47 Å². The van der Waals surface area contributed by atoms with Gasteiger partial charge in [0, 0.05) is 49.6 Å². The van der Waals surface area contributed by atoms with Crippen molar-refractivity contribution in [2.75, 3.05) is 20.2 Å². The highest BCUT2D eigenvalue weighted by molar-refractivity contribution is 6.00. The van der Waals surface area contributed by atoms with E-state index in [1.165, 1.54) is 31.4 Å². The molecule has 2 aromatic carbocycles. The predicted molar refractivity (Wildman–Crippen MR) is 137 cm³/mol. The predicted octanol–water partition coefficient (Wildman–Crippen LogP) is 4.49. The number of hydrogen-bond acceptors (Lipinski definition) is 8. The fourth-order valence-electron chi connectivity index (χ4n) is 5.22. The van der Waals surface area contributed by atoms with E-state index < -0.39 is 40.0 Å². The summed E-state index contributed by atoms with van der Waals surface area (Å²) in [6, 6.07) is 9.49. The first kappa shape index (κ1) is 27.9. The van der Waals surface area contributed by atoms with Gasteiger partial charge in [0.05, 0.1) is 29.1 Å². The number of rotatable bonds is 7. The van der Waals surface area contributed by atoms with Gasteiger partial charge in [-0.2, -0.15) is 0 Å². The number of non-ortho nitro benzene ring substituents is 1. The summed E-state index contributed by atoms with van der Waals surface area (Å²) in [6.45, 7) is 6.37. The van der Waals surface area contributed by atoms with Gasteiger partial charge in [-0.3, -0.25) is 15.0 Å². The van der Waals surface area contributed by atoms with Gasteiger partial charge < -0.3 is 14.8 Å². The second-order valence-corrected chi connectivity index (χ2v) is 10.0. The molecule has 206 valence electrons. The number of hydrogen-bond donors (Lipinski definition) is 1. The Morgan fingerprint density at radius 3 is 2.44 bits per heavy atom. The number of allylic oxidation sites excluding steroid dienone is 2. The Kier molecular flexibility index (Phi) is 7.82. The highest BCUT2D eigenvalue weighted by Crippen LogP contribution is 2.41. The lowest BCUT2D eigenvalue weighted by Crippen LogP contribution is -2.38. The lowest BCUT2D eigenvalue weighted by molar-refractivity contribution is -0.384. The maximum absolute atomic E-state index is 13.7. The number of carbonyl (C=O) groups is 2. The number of nitrogens with one attached hydrogen (secondary N) is 1. The molecule has 0 bridgehead atoms. The Labute approximate surface area is 224 Å². The van der Waals surface area contributed by atoms with Crippen molar-refractivity contribution in [3.63, 3.8) is 0 Å². The van der Waals surface area contributed by atoms with Gasteiger partial charge in [-0.05, 0) is 44.0 Å². The van der Waals surface area contributed by atoms with Gasteiger partial charge in [0.15, 0.2) is 11.6 Å². The molecule has 0 amide bonds. The zero-order chi connectivity index (χ0) is 28.5. The third-order valence-electron chi connectivity index (χ3n) is 7.04. The fraction of sp³-hybridized carbons (Fsp3) is 0.357. The van der Waals surface area contributed by atoms with Gasteiger partial charge in [0.2, 0.25) is 0 Å². The Morgan fingerprint density at radius 1 is 1.10 bits per heavy atom. The van der Waals surface area contributed by atoms with Crippen LogP contribution in [0, 0.1) is 21.7 Å². The Balaban J connectivity index is 1.62. The van der Waals surface area contributed by atoms with E-state index in [-0.39, 0.29) is 16.8 Å². The molecule has 0 aromatic heterocycles. The molecule has 0 saturated carbocycles. The molecule has 2 atom stereocenters. The summed E-state index contributed by atoms with van der Waals surface area (Å²) >= 11 is 0. The van der Waals surface area contributed by atoms with Gasteiger partial charge in [0.25, 0.3) is 5.69 Å². The van der Waals surface area contributed by atoms with Crippen molar-refractivity contribution < 1.29 is 32.8 Å². The Hall–Kier alpha value is -4.12. The zero-order valence-electron chi connectivity index (χ0n) is 22.0. The molecule has 1 N–H and O–H groups in total. The second kappa shape index (κ2) is 10.9. The van der Waals surface area contributed by atoms with E-state index in [1.54, 1.807) is 26.8 Å². The SMILES string of the molecule is COC(=O)C1=C(C)NC(C)=C(C(=O)O[C@@]2(C)CCN(Cc3ccc(F)c(F)c3)C2)[C@H]1c1cccc([N+](=O)[O-])c1.